The van der Waals surface area contributed by atoms with Crippen molar-refractivity contribution < 1.29 is 4.79 Å². The summed E-state index contributed by atoms with van der Waals surface area (Å²) >= 11 is 0. The number of nitriles is 1. The first-order valence-corrected chi connectivity index (χ1v) is 9.05. The van der Waals surface area contributed by atoms with Crippen molar-refractivity contribution in [2.45, 2.75) is 44.1 Å². The van der Waals surface area contributed by atoms with Gasteiger partial charge in [-0.15, -0.1) is 0 Å². The standard InChI is InChI=1S/C18H26N4O/c19-11-16(17(23)22-3-1-20-2-4-22)12-21-18-8-13-5-14(9-18)7-15(6-13)10-18/h12-15,20-21H,1-10H2/b16-12-. The van der Waals surface area contributed by atoms with Crippen LogP contribution in [0.4, 0.5) is 0 Å². The summed E-state index contributed by atoms with van der Waals surface area (Å²) in [4.78, 5) is 14.3. The van der Waals surface area contributed by atoms with Crippen LogP contribution in [0.5, 0.6) is 0 Å². The fraction of sp³-hybridized carbons (Fsp3) is 0.778. The Morgan fingerprint density at radius 1 is 1.13 bits per heavy atom. The Morgan fingerprint density at radius 2 is 1.70 bits per heavy atom. The molecule has 4 bridgehead atoms. The third-order valence-corrected chi connectivity index (χ3v) is 6.32. The minimum atomic E-state index is -0.119. The summed E-state index contributed by atoms with van der Waals surface area (Å²) < 4.78 is 0. The van der Waals surface area contributed by atoms with Gasteiger partial charge in [-0.25, -0.2) is 0 Å². The molecule has 0 aromatic rings. The lowest BCUT2D eigenvalue weighted by Gasteiger charge is -2.57. The molecule has 5 fully saturated rings. The summed E-state index contributed by atoms with van der Waals surface area (Å²) in [5, 5.41) is 16.2. The molecule has 0 aromatic heterocycles. The highest BCUT2D eigenvalue weighted by atomic mass is 16.2. The van der Waals surface area contributed by atoms with Crippen molar-refractivity contribution in [1.82, 2.24) is 15.5 Å². The van der Waals surface area contributed by atoms with E-state index in [2.05, 4.69) is 16.7 Å². The zero-order chi connectivity index (χ0) is 15.9. The summed E-state index contributed by atoms with van der Waals surface area (Å²) in [6, 6.07) is 2.12. The Balaban J connectivity index is 1.46. The molecular formula is C18H26N4O. The Morgan fingerprint density at radius 3 is 2.22 bits per heavy atom. The van der Waals surface area contributed by atoms with Crippen LogP contribution in [0.15, 0.2) is 11.8 Å². The average molecular weight is 314 g/mol. The number of hydrogen-bond donors (Lipinski definition) is 2. The van der Waals surface area contributed by atoms with Crippen LogP contribution in [0.2, 0.25) is 0 Å². The minimum absolute atomic E-state index is 0.119. The molecule has 2 N–H and O–H groups in total. The summed E-state index contributed by atoms with van der Waals surface area (Å²) in [7, 11) is 0. The van der Waals surface area contributed by atoms with Gasteiger partial charge >= 0.3 is 0 Å². The highest BCUT2D eigenvalue weighted by Gasteiger charge is 2.50. The Hall–Kier alpha value is -1.54. The normalized spacial score (nSPS) is 39.2. The zero-order valence-corrected chi connectivity index (χ0v) is 13.7. The maximum absolute atomic E-state index is 12.5. The van der Waals surface area contributed by atoms with Gasteiger partial charge in [0.05, 0.1) is 0 Å². The van der Waals surface area contributed by atoms with Gasteiger partial charge < -0.3 is 15.5 Å². The van der Waals surface area contributed by atoms with E-state index in [1.54, 1.807) is 11.1 Å². The van der Waals surface area contributed by atoms with E-state index in [1.807, 2.05) is 0 Å². The van der Waals surface area contributed by atoms with E-state index in [0.717, 1.165) is 30.8 Å². The summed E-state index contributed by atoms with van der Waals surface area (Å²) in [5.74, 6) is 2.45. The topological polar surface area (TPSA) is 68.2 Å². The Labute approximate surface area is 138 Å². The molecule has 5 heteroatoms. The van der Waals surface area contributed by atoms with Gasteiger partial charge in [0.25, 0.3) is 5.91 Å². The molecular weight excluding hydrogens is 288 g/mol. The Bertz CT molecular complexity index is 521. The molecule has 5 aliphatic rings. The van der Waals surface area contributed by atoms with Crippen LogP contribution in [0.1, 0.15) is 38.5 Å². The van der Waals surface area contributed by atoms with Crippen molar-refractivity contribution in [3.63, 3.8) is 0 Å². The number of nitrogens with zero attached hydrogens (tertiary/aromatic N) is 2. The molecule has 5 nitrogen and oxygen atoms in total. The summed E-state index contributed by atoms with van der Waals surface area (Å²) in [6.45, 7) is 3.00. The number of rotatable bonds is 3. The molecule has 4 saturated carbocycles. The molecule has 0 spiro atoms. The van der Waals surface area contributed by atoms with Crippen molar-refractivity contribution in [3.05, 3.63) is 11.8 Å². The third kappa shape index (κ3) is 2.85. The highest BCUT2D eigenvalue weighted by molar-refractivity contribution is 5.97. The van der Waals surface area contributed by atoms with E-state index >= 15 is 0 Å². The fourth-order valence-corrected chi connectivity index (χ4v) is 5.69. The summed E-state index contributed by atoms with van der Waals surface area (Å²) in [5.41, 5.74) is 0.420. The minimum Gasteiger partial charge on any atom is -0.384 e. The molecule has 0 radical (unpaired) electrons. The molecule has 5 rings (SSSR count). The molecule has 1 amide bonds. The van der Waals surface area contributed by atoms with Crippen molar-refractivity contribution in [2.75, 3.05) is 26.2 Å². The second-order valence-electron chi connectivity index (χ2n) is 8.05. The van der Waals surface area contributed by atoms with Gasteiger partial charge in [-0.3, -0.25) is 4.79 Å². The van der Waals surface area contributed by atoms with E-state index in [4.69, 9.17) is 0 Å². The maximum Gasteiger partial charge on any atom is 0.266 e. The van der Waals surface area contributed by atoms with Gasteiger partial charge in [0, 0.05) is 37.9 Å². The molecule has 1 saturated heterocycles. The van der Waals surface area contributed by atoms with E-state index in [1.165, 1.54) is 38.5 Å². The van der Waals surface area contributed by atoms with Crippen molar-refractivity contribution >= 4 is 5.91 Å². The van der Waals surface area contributed by atoms with Crippen LogP contribution in [-0.2, 0) is 4.79 Å². The van der Waals surface area contributed by atoms with Gasteiger partial charge in [0.1, 0.15) is 11.6 Å². The average Bonchev–Trinajstić information content (AvgIpc) is 2.54. The second kappa shape index (κ2) is 5.83. The number of carbonyl (C=O) groups excluding carboxylic acids is 1. The summed E-state index contributed by atoms with van der Waals surface area (Å²) in [6.07, 6.45) is 9.58. The number of carbonyl (C=O) groups is 1. The molecule has 4 aliphatic carbocycles. The van der Waals surface area contributed by atoms with Crippen LogP contribution in [0, 0.1) is 29.1 Å². The van der Waals surface area contributed by atoms with E-state index in [0.29, 0.717) is 13.1 Å². The van der Waals surface area contributed by atoms with Gasteiger partial charge in [-0.2, -0.15) is 5.26 Å². The zero-order valence-electron chi connectivity index (χ0n) is 13.7. The lowest BCUT2D eigenvalue weighted by atomic mass is 9.53. The predicted octanol–water partition coefficient (Wildman–Crippen LogP) is 1.38. The van der Waals surface area contributed by atoms with Gasteiger partial charge in [0.15, 0.2) is 0 Å². The first-order valence-electron chi connectivity index (χ1n) is 9.05. The SMILES string of the molecule is N#C/C(=C/NC12CC3CC(CC(C3)C1)C2)C(=O)N1CCNCC1. The maximum atomic E-state index is 12.5. The van der Waals surface area contributed by atoms with Crippen LogP contribution < -0.4 is 10.6 Å². The molecule has 124 valence electrons. The number of nitrogens with one attached hydrogen (secondary N) is 2. The molecule has 1 aliphatic heterocycles. The van der Waals surface area contributed by atoms with Gasteiger partial charge in [-0.1, -0.05) is 0 Å². The largest absolute Gasteiger partial charge is 0.384 e. The second-order valence-corrected chi connectivity index (χ2v) is 8.05. The number of piperazine rings is 1. The molecule has 1 heterocycles. The van der Waals surface area contributed by atoms with Crippen LogP contribution in [-0.4, -0.2) is 42.5 Å². The first-order chi connectivity index (χ1) is 11.2. The quantitative estimate of drug-likeness (QED) is 0.610. The van der Waals surface area contributed by atoms with Crippen LogP contribution in [0.25, 0.3) is 0 Å². The number of amides is 1. The molecule has 0 atom stereocenters. The van der Waals surface area contributed by atoms with Gasteiger partial charge in [-0.05, 0) is 56.3 Å². The van der Waals surface area contributed by atoms with Crippen molar-refractivity contribution in [2.24, 2.45) is 17.8 Å². The lowest BCUT2D eigenvalue weighted by Crippen LogP contribution is -2.57. The van der Waals surface area contributed by atoms with E-state index in [9.17, 15) is 10.1 Å². The molecule has 0 unspecified atom stereocenters. The molecule has 0 aromatic carbocycles. The van der Waals surface area contributed by atoms with Crippen LogP contribution >= 0.6 is 0 Å². The Kier molecular flexibility index (Phi) is 3.81. The lowest BCUT2D eigenvalue weighted by molar-refractivity contribution is -0.127. The van der Waals surface area contributed by atoms with Crippen molar-refractivity contribution in [1.29, 1.82) is 5.26 Å². The van der Waals surface area contributed by atoms with Crippen molar-refractivity contribution in [3.8, 4) is 6.07 Å². The molecule has 23 heavy (non-hydrogen) atoms. The smallest absolute Gasteiger partial charge is 0.266 e. The third-order valence-electron chi connectivity index (χ3n) is 6.32. The van der Waals surface area contributed by atoms with Crippen LogP contribution in [0.3, 0.4) is 0 Å². The monoisotopic (exact) mass is 314 g/mol. The highest BCUT2D eigenvalue weighted by Crippen LogP contribution is 2.55. The fourth-order valence-electron chi connectivity index (χ4n) is 5.69. The van der Waals surface area contributed by atoms with E-state index < -0.39 is 0 Å². The number of hydrogen-bond acceptors (Lipinski definition) is 4. The first kappa shape index (κ1) is 15.0. The van der Waals surface area contributed by atoms with E-state index in [-0.39, 0.29) is 17.0 Å². The van der Waals surface area contributed by atoms with Gasteiger partial charge in [0.2, 0.25) is 0 Å². The predicted molar refractivity (Wildman–Crippen MR) is 87.2 cm³/mol.